The Morgan fingerprint density at radius 2 is 0.389 bits per heavy atom. The predicted octanol–water partition coefficient (Wildman–Crippen LogP) is 19.5. The normalized spacial score (nSPS) is 12.2. The number of hydrogen-bond acceptors (Lipinski definition) is 1. The first-order valence-electron chi connectivity index (χ1n) is 25.9. The van der Waals surface area contributed by atoms with Gasteiger partial charge in [-0.05, 0) is 12.8 Å². The van der Waals surface area contributed by atoms with E-state index in [4.69, 9.17) is 0 Å². The molecule has 0 fully saturated rings. The van der Waals surface area contributed by atoms with E-state index in [-0.39, 0.29) is 5.92 Å². The van der Waals surface area contributed by atoms with Gasteiger partial charge in [-0.15, -0.1) is 0 Å². The molecule has 324 valence electrons. The molecule has 0 aromatic rings. The average Bonchev–Trinajstić information content (AvgIpc) is 3.17. The van der Waals surface area contributed by atoms with Crippen LogP contribution in [0.25, 0.3) is 0 Å². The summed E-state index contributed by atoms with van der Waals surface area (Å²) in [7, 11) is 0. The van der Waals surface area contributed by atoms with Crippen molar-refractivity contribution in [1.82, 2.24) is 0 Å². The Balaban J connectivity index is 3.25. The van der Waals surface area contributed by atoms with E-state index in [0.717, 1.165) is 25.7 Å². The first kappa shape index (κ1) is 53.5. The number of carbonyl (C=O) groups is 1. The van der Waals surface area contributed by atoms with Gasteiger partial charge in [0, 0.05) is 0 Å². The lowest BCUT2D eigenvalue weighted by molar-refractivity contribution is -0.142. The standard InChI is InChI=1S/C52H104O2/c1-3-5-7-9-11-13-15-17-18-19-20-21-22-23-24-25-26-27-28-29-30-31-32-33-34-35-36-37-38-40-42-44-46-48-50-51(52(53)54)49-47-45-43-41-39-16-14-12-10-8-6-4-2/h51H,3-50H2,1-2H3,(H,53,54). The van der Waals surface area contributed by atoms with E-state index in [0.29, 0.717) is 0 Å². The maximum absolute atomic E-state index is 11.7. The smallest absolute Gasteiger partial charge is 0.306 e. The van der Waals surface area contributed by atoms with Gasteiger partial charge in [-0.1, -0.05) is 309 Å². The second-order valence-corrected chi connectivity index (χ2v) is 18.2. The van der Waals surface area contributed by atoms with Crippen LogP contribution in [-0.2, 0) is 4.79 Å². The number of unbranched alkanes of at least 4 members (excludes halogenated alkanes) is 44. The van der Waals surface area contributed by atoms with Crippen molar-refractivity contribution in [3.8, 4) is 0 Å². The van der Waals surface area contributed by atoms with E-state index in [1.807, 2.05) is 0 Å². The summed E-state index contributed by atoms with van der Waals surface area (Å²) in [5.41, 5.74) is 0. The average molecular weight is 761 g/mol. The first-order chi connectivity index (χ1) is 26.7. The molecule has 0 saturated carbocycles. The van der Waals surface area contributed by atoms with Crippen LogP contribution in [0.3, 0.4) is 0 Å². The second kappa shape index (κ2) is 48.6. The van der Waals surface area contributed by atoms with E-state index in [9.17, 15) is 9.90 Å². The fourth-order valence-electron chi connectivity index (χ4n) is 8.74. The summed E-state index contributed by atoms with van der Waals surface area (Å²) in [6.07, 6.45) is 66.6. The fourth-order valence-corrected chi connectivity index (χ4v) is 8.74. The molecular weight excluding hydrogens is 657 g/mol. The number of carboxylic acids is 1. The molecule has 0 radical (unpaired) electrons. The SMILES string of the molecule is CCCCCCCCCCCCCCCCCCCCCCCCCCCCCCCCCCCCC(CCCCCCCCCCCCCC)C(=O)O. The zero-order valence-electron chi connectivity index (χ0n) is 37.9. The van der Waals surface area contributed by atoms with Gasteiger partial charge in [0.1, 0.15) is 0 Å². The lowest BCUT2D eigenvalue weighted by Gasteiger charge is -2.12. The maximum Gasteiger partial charge on any atom is 0.306 e. The zero-order chi connectivity index (χ0) is 39.1. The molecule has 0 amide bonds. The summed E-state index contributed by atoms with van der Waals surface area (Å²) in [5.74, 6) is -0.652. The van der Waals surface area contributed by atoms with Crippen molar-refractivity contribution in [3.05, 3.63) is 0 Å². The third-order valence-electron chi connectivity index (χ3n) is 12.7. The van der Waals surface area contributed by atoms with Gasteiger partial charge in [0.05, 0.1) is 5.92 Å². The molecule has 2 heteroatoms. The molecular formula is C52H104O2. The van der Waals surface area contributed by atoms with Gasteiger partial charge in [0.15, 0.2) is 0 Å². The number of hydrogen-bond donors (Lipinski definition) is 1. The molecule has 0 heterocycles. The first-order valence-corrected chi connectivity index (χ1v) is 25.9. The van der Waals surface area contributed by atoms with Gasteiger partial charge in [-0.2, -0.15) is 0 Å². The van der Waals surface area contributed by atoms with Gasteiger partial charge in [-0.3, -0.25) is 4.79 Å². The van der Waals surface area contributed by atoms with Crippen LogP contribution >= 0.6 is 0 Å². The molecule has 1 atom stereocenters. The Labute approximate surface area is 342 Å². The van der Waals surface area contributed by atoms with Crippen molar-refractivity contribution < 1.29 is 9.90 Å². The Bertz CT molecular complexity index is 673. The quantitative estimate of drug-likeness (QED) is 0.0627. The molecule has 0 bridgehead atoms. The minimum absolute atomic E-state index is 0.101. The molecule has 0 aliphatic heterocycles. The van der Waals surface area contributed by atoms with E-state index >= 15 is 0 Å². The van der Waals surface area contributed by atoms with Gasteiger partial charge in [0.2, 0.25) is 0 Å². The molecule has 0 aromatic heterocycles. The highest BCUT2D eigenvalue weighted by atomic mass is 16.4. The van der Waals surface area contributed by atoms with Crippen LogP contribution in [0.4, 0.5) is 0 Å². The van der Waals surface area contributed by atoms with E-state index < -0.39 is 5.97 Å². The lowest BCUT2D eigenvalue weighted by atomic mass is 9.94. The largest absolute Gasteiger partial charge is 0.481 e. The van der Waals surface area contributed by atoms with Gasteiger partial charge in [0.25, 0.3) is 0 Å². The molecule has 0 saturated heterocycles. The fraction of sp³-hybridized carbons (Fsp3) is 0.981. The topological polar surface area (TPSA) is 37.3 Å². The van der Waals surface area contributed by atoms with Gasteiger partial charge in [-0.25, -0.2) is 0 Å². The van der Waals surface area contributed by atoms with Crippen LogP contribution < -0.4 is 0 Å². The van der Waals surface area contributed by atoms with Gasteiger partial charge >= 0.3 is 5.97 Å². The molecule has 1 unspecified atom stereocenters. The van der Waals surface area contributed by atoms with Gasteiger partial charge < -0.3 is 5.11 Å². The van der Waals surface area contributed by atoms with Crippen molar-refractivity contribution in [1.29, 1.82) is 0 Å². The summed E-state index contributed by atoms with van der Waals surface area (Å²) < 4.78 is 0. The molecule has 0 spiro atoms. The van der Waals surface area contributed by atoms with E-state index in [1.54, 1.807) is 0 Å². The van der Waals surface area contributed by atoms with Crippen molar-refractivity contribution in [3.63, 3.8) is 0 Å². The van der Waals surface area contributed by atoms with Crippen molar-refractivity contribution in [2.24, 2.45) is 5.92 Å². The maximum atomic E-state index is 11.7. The summed E-state index contributed by atoms with van der Waals surface area (Å²) >= 11 is 0. The highest BCUT2D eigenvalue weighted by Gasteiger charge is 2.16. The Morgan fingerprint density at radius 1 is 0.259 bits per heavy atom. The molecule has 0 aliphatic carbocycles. The highest BCUT2D eigenvalue weighted by molar-refractivity contribution is 5.69. The minimum Gasteiger partial charge on any atom is -0.481 e. The molecule has 54 heavy (non-hydrogen) atoms. The Hall–Kier alpha value is -0.530. The summed E-state index contributed by atoms with van der Waals surface area (Å²) in [5, 5.41) is 9.67. The van der Waals surface area contributed by atoms with Crippen LogP contribution in [0.5, 0.6) is 0 Å². The molecule has 0 aliphatic rings. The highest BCUT2D eigenvalue weighted by Crippen LogP contribution is 2.21. The van der Waals surface area contributed by atoms with E-state index in [2.05, 4.69) is 13.8 Å². The Morgan fingerprint density at radius 3 is 0.519 bits per heavy atom. The molecule has 0 rings (SSSR count). The van der Waals surface area contributed by atoms with Crippen LogP contribution in [-0.4, -0.2) is 11.1 Å². The third-order valence-corrected chi connectivity index (χ3v) is 12.7. The van der Waals surface area contributed by atoms with Crippen molar-refractivity contribution in [2.45, 2.75) is 322 Å². The minimum atomic E-state index is -0.552. The zero-order valence-corrected chi connectivity index (χ0v) is 37.9. The van der Waals surface area contributed by atoms with Crippen molar-refractivity contribution >= 4 is 5.97 Å². The van der Waals surface area contributed by atoms with E-state index in [1.165, 1.54) is 283 Å². The summed E-state index contributed by atoms with van der Waals surface area (Å²) in [6, 6.07) is 0. The third kappa shape index (κ3) is 45.9. The van der Waals surface area contributed by atoms with Crippen LogP contribution in [0.2, 0.25) is 0 Å². The second-order valence-electron chi connectivity index (χ2n) is 18.2. The predicted molar refractivity (Wildman–Crippen MR) is 244 cm³/mol. The number of rotatable bonds is 49. The Kier molecular flexibility index (Phi) is 48.1. The van der Waals surface area contributed by atoms with Crippen LogP contribution in [0.1, 0.15) is 322 Å². The monoisotopic (exact) mass is 761 g/mol. The summed E-state index contributed by atoms with van der Waals surface area (Å²) in [4.78, 5) is 11.7. The number of aliphatic carboxylic acids is 1. The van der Waals surface area contributed by atoms with Crippen LogP contribution in [0.15, 0.2) is 0 Å². The molecule has 0 aromatic carbocycles. The molecule has 1 N–H and O–H groups in total. The summed E-state index contributed by atoms with van der Waals surface area (Å²) in [6.45, 7) is 4.59. The lowest BCUT2D eigenvalue weighted by Crippen LogP contribution is -2.13. The van der Waals surface area contributed by atoms with Crippen LogP contribution in [0, 0.1) is 5.92 Å². The van der Waals surface area contributed by atoms with Crippen molar-refractivity contribution in [2.75, 3.05) is 0 Å². The molecule has 2 nitrogen and oxygen atoms in total. The number of carboxylic acid groups (broad SMARTS) is 1.